The average Bonchev–Trinajstić information content (AvgIpc) is 3.24. The van der Waals surface area contributed by atoms with Gasteiger partial charge in [0.25, 0.3) is 0 Å². The molecule has 1 fully saturated rings. The average molecular weight is 380 g/mol. The SMILES string of the molecule is COc1cnc(/C(C#N)=C/c2c(OC)cccc2OC)cc1OC1CCCC1. The van der Waals surface area contributed by atoms with Gasteiger partial charge in [-0.1, -0.05) is 6.07 Å². The van der Waals surface area contributed by atoms with Crippen molar-refractivity contribution in [3.8, 4) is 29.1 Å². The molecule has 0 unspecified atom stereocenters. The van der Waals surface area contributed by atoms with Gasteiger partial charge in [-0.3, -0.25) is 4.98 Å². The Bertz CT molecular complexity index is 874. The molecule has 1 aliphatic rings. The number of nitriles is 1. The molecule has 146 valence electrons. The highest BCUT2D eigenvalue weighted by Crippen LogP contribution is 2.35. The zero-order valence-corrected chi connectivity index (χ0v) is 16.4. The topological polar surface area (TPSA) is 73.6 Å². The Labute approximate surface area is 165 Å². The Morgan fingerprint density at radius 3 is 2.25 bits per heavy atom. The maximum Gasteiger partial charge on any atom is 0.179 e. The number of aromatic nitrogens is 1. The first-order valence-corrected chi connectivity index (χ1v) is 9.24. The predicted octanol–water partition coefficient (Wildman–Crippen LogP) is 4.49. The van der Waals surface area contributed by atoms with Gasteiger partial charge in [0.1, 0.15) is 17.6 Å². The van der Waals surface area contributed by atoms with Crippen molar-refractivity contribution in [2.75, 3.05) is 21.3 Å². The Balaban J connectivity index is 2.01. The van der Waals surface area contributed by atoms with E-state index in [2.05, 4.69) is 11.1 Å². The van der Waals surface area contributed by atoms with Gasteiger partial charge in [0.15, 0.2) is 11.5 Å². The molecule has 0 bridgehead atoms. The van der Waals surface area contributed by atoms with E-state index in [0.29, 0.717) is 39.8 Å². The number of hydrogen-bond acceptors (Lipinski definition) is 6. The fourth-order valence-electron chi connectivity index (χ4n) is 3.33. The molecule has 0 spiro atoms. The van der Waals surface area contributed by atoms with E-state index in [1.165, 1.54) is 12.8 Å². The first-order valence-electron chi connectivity index (χ1n) is 9.24. The van der Waals surface area contributed by atoms with Gasteiger partial charge in [-0.05, 0) is 43.9 Å². The van der Waals surface area contributed by atoms with Gasteiger partial charge >= 0.3 is 0 Å². The fourth-order valence-corrected chi connectivity index (χ4v) is 3.33. The van der Waals surface area contributed by atoms with Crippen LogP contribution in [-0.4, -0.2) is 32.4 Å². The Morgan fingerprint density at radius 2 is 1.68 bits per heavy atom. The molecule has 0 N–H and O–H groups in total. The van der Waals surface area contributed by atoms with Crippen LogP contribution in [0.15, 0.2) is 30.5 Å². The molecule has 6 heteroatoms. The predicted molar refractivity (Wildman–Crippen MR) is 107 cm³/mol. The minimum absolute atomic E-state index is 0.174. The smallest absolute Gasteiger partial charge is 0.179 e. The summed E-state index contributed by atoms with van der Waals surface area (Å²) in [6, 6.07) is 9.45. The second kappa shape index (κ2) is 9.14. The zero-order valence-electron chi connectivity index (χ0n) is 16.4. The number of rotatable bonds is 7. The van der Waals surface area contributed by atoms with Crippen LogP contribution in [0.4, 0.5) is 0 Å². The molecule has 0 aliphatic heterocycles. The summed E-state index contributed by atoms with van der Waals surface area (Å²) in [5.74, 6) is 2.39. The van der Waals surface area contributed by atoms with Gasteiger partial charge in [-0.15, -0.1) is 0 Å². The number of ether oxygens (including phenoxy) is 4. The number of pyridine rings is 1. The van der Waals surface area contributed by atoms with Crippen LogP contribution in [0.3, 0.4) is 0 Å². The van der Waals surface area contributed by atoms with Crippen LogP contribution in [0.5, 0.6) is 23.0 Å². The number of benzene rings is 1. The summed E-state index contributed by atoms with van der Waals surface area (Å²) >= 11 is 0. The van der Waals surface area contributed by atoms with Crippen LogP contribution in [-0.2, 0) is 0 Å². The molecule has 1 saturated carbocycles. The van der Waals surface area contributed by atoms with E-state index in [9.17, 15) is 5.26 Å². The van der Waals surface area contributed by atoms with Crippen LogP contribution in [0.25, 0.3) is 11.6 Å². The van der Waals surface area contributed by atoms with Crippen LogP contribution in [0, 0.1) is 11.3 Å². The quantitative estimate of drug-likeness (QED) is 0.659. The number of methoxy groups -OCH3 is 3. The van der Waals surface area contributed by atoms with Crippen LogP contribution >= 0.6 is 0 Å². The maximum absolute atomic E-state index is 9.76. The highest BCUT2D eigenvalue weighted by molar-refractivity contribution is 5.91. The molecule has 6 nitrogen and oxygen atoms in total. The first-order chi connectivity index (χ1) is 13.7. The zero-order chi connectivity index (χ0) is 19.9. The maximum atomic E-state index is 9.76. The highest BCUT2D eigenvalue weighted by atomic mass is 16.5. The molecular formula is C22H24N2O4. The van der Waals surface area contributed by atoms with Crippen molar-refractivity contribution < 1.29 is 18.9 Å². The largest absolute Gasteiger partial charge is 0.496 e. The third kappa shape index (κ3) is 4.20. The van der Waals surface area contributed by atoms with Gasteiger partial charge in [-0.2, -0.15) is 5.26 Å². The molecule has 1 aromatic carbocycles. The van der Waals surface area contributed by atoms with Crippen LogP contribution < -0.4 is 18.9 Å². The van der Waals surface area contributed by atoms with Crippen molar-refractivity contribution >= 4 is 11.6 Å². The molecule has 2 aromatic rings. The molecule has 0 saturated heterocycles. The van der Waals surface area contributed by atoms with Crippen molar-refractivity contribution in [3.63, 3.8) is 0 Å². The standard InChI is InChI=1S/C22H24N2O4/c1-25-19-9-6-10-20(26-2)17(19)11-15(13-23)18-12-21(22(27-3)14-24-18)28-16-7-4-5-8-16/h6,9-12,14,16H,4-5,7-8H2,1-3H3/b15-11+. The minimum atomic E-state index is 0.174. The molecule has 0 amide bonds. The molecule has 28 heavy (non-hydrogen) atoms. The van der Waals surface area contributed by atoms with Crippen molar-refractivity contribution in [2.45, 2.75) is 31.8 Å². The van der Waals surface area contributed by atoms with E-state index in [1.807, 2.05) is 18.2 Å². The van der Waals surface area contributed by atoms with Gasteiger partial charge in [0, 0.05) is 6.07 Å². The van der Waals surface area contributed by atoms with E-state index < -0.39 is 0 Å². The van der Waals surface area contributed by atoms with Gasteiger partial charge in [0.2, 0.25) is 0 Å². The second-order valence-electron chi connectivity index (χ2n) is 6.49. The lowest BCUT2D eigenvalue weighted by Gasteiger charge is -2.16. The molecule has 1 heterocycles. The van der Waals surface area contributed by atoms with Crippen molar-refractivity contribution in [3.05, 3.63) is 41.7 Å². The molecule has 3 rings (SSSR count). The lowest BCUT2D eigenvalue weighted by molar-refractivity contribution is 0.200. The Morgan fingerprint density at radius 1 is 1.04 bits per heavy atom. The van der Waals surface area contributed by atoms with Crippen molar-refractivity contribution in [1.29, 1.82) is 5.26 Å². The summed E-state index contributed by atoms with van der Waals surface area (Å²) in [7, 11) is 4.74. The van der Waals surface area contributed by atoms with Crippen molar-refractivity contribution in [1.82, 2.24) is 4.98 Å². The lowest BCUT2D eigenvalue weighted by atomic mass is 10.1. The fraction of sp³-hybridized carbons (Fsp3) is 0.364. The highest BCUT2D eigenvalue weighted by Gasteiger charge is 2.20. The van der Waals surface area contributed by atoms with E-state index in [-0.39, 0.29) is 6.10 Å². The summed E-state index contributed by atoms with van der Waals surface area (Å²) in [4.78, 5) is 4.39. The second-order valence-corrected chi connectivity index (χ2v) is 6.49. The summed E-state index contributed by atoms with van der Waals surface area (Å²) in [5, 5.41) is 9.76. The van der Waals surface area contributed by atoms with Crippen LogP contribution in [0.2, 0.25) is 0 Å². The van der Waals surface area contributed by atoms with Crippen molar-refractivity contribution in [2.24, 2.45) is 0 Å². The van der Waals surface area contributed by atoms with Gasteiger partial charge < -0.3 is 18.9 Å². The van der Waals surface area contributed by atoms with Gasteiger partial charge in [0.05, 0.1) is 50.5 Å². The normalized spacial score (nSPS) is 14.4. The monoisotopic (exact) mass is 380 g/mol. The lowest BCUT2D eigenvalue weighted by Crippen LogP contribution is -2.12. The third-order valence-electron chi connectivity index (χ3n) is 4.80. The summed E-state index contributed by atoms with van der Waals surface area (Å²) < 4.78 is 22.3. The van der Waals surface area contributed by atoms with Gasteiger partial charge in [-0.25, -0.2) is 0 Å². The third-order valence-corrected chi connectivity index (χ3v) is 4.80. The number of hydrogen-bond donors (Lipinski definition) is 0. The Kier molecular flexibility index (Phi) is 6.38. The first kappa shape index (κ1) is 19.6. The molecular weight excluding hydrogens is 356 g/mol. The van der Waals surface area contributed by atoms with E-state index in [4.69, 9.17) is 18.9 Å². The van der Waals surface area contributed by atoms with E-state index in [0.717, 1.165) is 12.8 Å². The number of nitrogens with zero attached hydrogens (tertiary/aromatic N) is 2. The molecule has 0 atom stereocenters. The van der Waals surface area contributed by atoms with E-state index in [1.54, 1.807) is 39.7 Å². The Hall–Kier alpha value is -3.20. The number of allylic oxidation sites excluding steroid dienone is 1. The molecule has 0 radical (unpaired) electrons. The summed E-state index contributed by atoms with van der Waals surface area (Å²) in [5.41, 5.74) is 1.56. The summed E-state index contributed by atoms with van der Waals surface area (Å²) in [6.07, 6.45) is 7.87. The van der Waals surface area contributed by atoms with E-state index >= 15 is 0 Å². The van der Waals surface area contributed by atoms with Crippen LogP contribution in [0.1, 0.15) is 36.9 Å². The molecule has 1 aromatic heterocycles. The summed E-state index contributed by atoms with van der Waals surface area (Å²) in [6.45, 7) is 0. The molecule has 1 aliphatic carbocycles. The minimum Gasteiger partial charge on any atom is -0.496 e.